The van der Waals surface area contributed by atoms with Crippen molar-refractivity contribution in [3.8, 4) is 6.07 Å². The molecule has 0 amide bonds. The lowest BCUT2D eigenvalue weighted by atomic mass is 9.90. The highest BCUT2D eigenvalue weighted by Crippen LogP contribution is 2.40. The van der Waals surface area contributed by atoms with Gasteiger partial charge in [-0.1, -0.05) is 31.2 Å². The minimum atomic E-state index is -3.36. The third-order valence-corrected chi connectivity index (χ3v) is 5.71. The van der Waals surface area contributed by atoms with Gasteiger partial charge in [-0.3, -0.25) is 0 Å². The van der Waals surface area contributed by atoms with Crippen LogP contribution in [0.25, 0.3) is 0 Å². The summed E-state index contributed by atoms with van der Waals surface area (Å²) in [5.74, 6) is 0.0748. The summed E-state index contributed by atoms with van der Waals surface area (Å²) in [6.45, 7) is 1.75. The Morgan fingerprint density at radius 3 is 2.75 bits per heavy atom. The lowest BCUT2D eigenvalue weighted by Crippen LogP contribution is -2.40. The molecule has 1 unspecified atom stereocenters. The molecule has 0 bridgehead atoms. The van der Waals surface area contributed by atoms with Crippen molar-refractivity contribution < 1.29 is 8.42 Å². The Labute approximate surface area is 95.6 Å². The summed E-state index contributed by atoms with van der Waals surface area (Å²) in [4.78, 5) is 0. The van der Waals surface area contributed by atoms with E-state index in [9.17, 15) is 13.7 Å². The first-order valence-corrected chi connectivity index (χ1v) is 6.94. The van der Waals surface area contributed by atoms with E-state index in [2.05, 4.69) is 0 Å². The van der Waals surface area contributed by atoms with Crippen LogP contribution in [0, 0.1) is 11.3 Å². The highest BCUT2D eigenvalue weighted by atomic mass is 32.2. The van der Waals surface area contributed by atoms with Gasteiger partial charge in [0.15, 0.2) is 14.6 Å². The van der Waals surface area contributed by atoms with Crippen molar-refractivity contribution in [3.05, 3.63) is 35.4 Å². The van der Waals surface area contributed by atoms with Gasteiger partial charge in [-0.15, -0.1) is 0 Å². The summed E-state index contributed by atoms with van der Waals surface area (Å²) >= 11 is 0. The van der Waals surface area contributed by atoms with Gasteiger partial charge in [0.2, 0.25) is 0 Å². The number of hydrogen-bond acceptors (Lipinski definition) is 3. The number of benzene rings is 1. The molecule has 0 aliphatic carbocycles. The van der Waals surface area contributed by atoms with Crippen LogP contribution in [0.5, 0.6) is 0 Å². The van der Waals surface area contributed by atoms with Crippen LogP contribution in [0.1, 0.15) is 24.5 Å². The standard InChI is InChI=1S/C12H13NO2S/c1-2-12(9-13)11-6-4-3-5-10(11)7-8-16(12,14)15/h3-6H,2,7-8H2,1H3. The summed E-state index contributed by atoms with van der Waals surface area (Å²) in [7, 11) is -3.36. The lowest BCUT2D eigenvalue weighted by Gasteiger charge is -2.31. The van der Waals surface area contributed by atoms with E-state index in [1.165, 1.54) is 0 Å². The fourth-order valence-corrected chi connectivity index (χ4v) is 4.29. The Bertz CT molecular complexity index is 557. The molecule has 0 spiro atoms. The zero-order valence-electron chi connectivity index (χ0n) is 9.10. The Morgan fingerprint density at radius 2 is 2.12 bits per heavy atom. The topological polar surface area (TPSA) is 57.9 Å². The van der Waals surface area contributed by atoms with Crippen LogP contribution in [-0.4, -0.2) is 14.2 Å². The van der Waals surface area contributed by atoms with E-state index in [1.54, 1.807) is 19.1 Å². The summed E-state index contributed by atoms with van der Waals surface area (Å²) < 4.78 is 22.9. The summed E-state index contributed by atoms with van der Waals surface area (Å²) in [6, 6.07) is 9.37. The average Bonchev–Trinajstić information content (AvgIpc) is 2.29. The Kier molecular flexibility index (Phi) is 2.51. The van der Waals surface area contributed by atoms with Gasteiger partial charge in [0.25, 0.3) is 0 Å². The van der Waals surface area contributed by atoms with Gasteiger partial charge in [-0.2, -0.15) is 5.26 Å². The maximum absolute atomic E-state index is 12.1. The van der Waals surface area contributed by atoms with E-state index in [0.717, 1.165) is 5.56 Å². The zero-order chi connectivity index (χ0) is 11.8. The van der Waals surface area contributed by atoms with Crippen LogP contribution in [0.2, 0.25) is 0 Å². The molecule has 1 aromatic carbocycles. The van der Waals surface area contributed by atoms with E-state index in [4.69, 9.17) is 0 Å². The van der Waals surface area contributed by atoms with Crippen LogP contribution in [0.15, 0.2) is 24.3 Å². The molecule has 0 saturated heterocycles. The highest BCUT2D eigenvalue weighted by molar-refractivity contribution is 7.92. The van der Waals surface area contributed by atoms with E-state index in [-0.39, 0.29) is 5.75 Å². The van der Waals surface area contributed by atoms with E-state index in [0.29, 0.717) is 18.4 Å². The number of nitrogens with zero attached hydrogens (tertiary/aromatic N) is 1. The molecule has 4 heteroatoms. The van der Waals surface area contributed by atoms with Gasteiger partial charge in [0.1, 0.15) is 0 Å². The molecule has 3 nitrogen and oxygen atoms in total. The van der Waals surface area contributed by atoms with Gasteiger partial charge in [-0.05, 0) is 24.0 Å². The molecule has 0 aromatic heterocycles. The third-order valence-electron chi connectivity index (χ3n) is 3.30. The van der Waals surface area contributed by atoms with Crippen LogP contribution in [-0.2, 0) is 21.0 Å². The Hall–Kier alpha value is -1.34. The molecule has 84 valence electrons. The molecule has 1 atom stereocenters. The molecule has 0 radical (unpaired) electrons. The van der Waals surface area contributed by atoms with Crippen molar-refractivity contribution in [3.63, 3.8) is 0 Å². The normalized spacial score (nSPS) is 26.8. The third kappa shape index (κ3) is 1.28. The molecule has 0 saturated carbocycles. The molecule has 1 aromatic rings. The van der Waals surface area contributed by atoms with Gasteiger partial charge in [-0.25, -0.2) is 8.42 Å². The van der Waals surface area contributed by atoms with Crippen molar-refractivity contribution in [2.24, 2.45) is 0 Å². The van der Waals surface area contributed by atoms with E-state index >= 15 is 0 Å². The minimum Gasteiger partial charge on any atom is -0.227 e. The van der Waals surface area contributed by atoms with Gasteiger partial charge < -0.3 is 0 Å². The first-order valence-electron chi connectivity index (χ1n) is 5.29. The van der Waals surface area contributed by atoms with Gasteiger partial charge in [0, 0.05) is 0 Å². The molecule has 1 aliphatic heterocycles. The minimum absolute atomic E-state index is 0.0748. The molecule has 1 aliphatic rings. The van der Waals surface area contributed by atoms with E-state index in [1.807, 2.05) is 18.2 Å². The second-order valence-corrected chi connectivity index (χ2v) is 6.35. The van der Waals surface area contributed by atoms with Crippen LogP contribution >= 0.6 is 0 Å². The molecule has 1 heterocycles. The second-order valence-electron chi connectivity index (χ2n) is 4.02. The number of nitriles is 1. The predicted molar refractivity (Wildman–Crippen MR) is 61.5 cm³/mol. The van der Waals surface area contributed by atoms with Crippen molar-refractivity contribution >= 4 is 9.84 Å². The highest BCUT2D eigenvalue weighted by Gasteiger charge is 2.47. The first kappa shape index (κ1) is 11.2. The van der Waals surface area contributed by atoms with Crippen LogP contribution in [0.4, 0.5) is 0 Å². The van der Waals surface area contributed by atoms with Crippen molar-refractivity contribution in [2.75, 3.05) is 5.75 Å². The molecule has 16 heavy (non-hydrogen) atoms. The van der Waals surface area contributed by atoms with Crippen LogP contribution < -0.4 is 0 Å². The van der Waals surface area contributed by atoms with Crippen molar-refractivity contribution in [2.45, 2.75) is 24.5 Å². The number of rotatable bonds is 1. The maximum atomic E-state index is 12.1. The van der Waals surface area contributed by atoms with Crippen molar-refractivity contribution in [1.29, 1.82) is 5.26 Å². The lowest BCUT2D eigenvalue weighted by molar-refractivity contribution is 0.546. The summed E-state index contributed by atoms with van der Waals surface area (Å²) in [5, 5.41) is 9.29. The molecule has 0 fully saturated rings. The molecular weight excluding hydrogens is 222 g/mol. The fourth-order valence-electron chi connectivity index (χ4n) is 2.34. The maximum Gasteiger partial charge on any atom is 0.183 e. The number of hydrogen-bond donors (Lipinski definition) is 0. The number of fused-ring (bicyclic) bond motifs is 1. The van der Waals surface area contributed by atoms with Gasteiger partial charge >= 0.3 is 0 Å². The monoisotopic (exact) mass is 235 g/mol. The van der Waals surface area contributed by atoms with E-state index < -0.39 is 14.6 Å². The first-order chi connectivity index (χ1) is 7.57. The Morgan fingerprint density at radius 1 is 1.44 bits per heavy atom. The molecule has 2 rings (SSSR count). The molecular formula is C12H13NO2S. The number of aryl methyl sites for hydroxylation is 1. The predicted octanol–water partition coefficient (Wildman–Crippen LogP) is 1.79. The Balaban J connectivity index is 2.78. The largest absolute Gasteiger partial charge is 0.227 e. The quantitative estimate of drug-likeness (QED) is 0.745. The van der Waals surface area contributed by atoms with Gasteiger partial charge in [0.05, 0.1) is 11.8 Å². The smallest absolute Gasteiger partial charge is 0.183 e. The SMILES string of the molecule is CCC1(C#N)c2ccccc2CCS1(=O)=O. The summed E-state index contributed by atoms with van der Waals surface area (Å²) in [5.41, 5.74) is 1.66. The number of sulfone groups is 1. The zero-order valence-corrected chi connectivity index (χ0v) is 9.92. The van der Waals surface area contributed by atoms with Crippen molar-refractivity contribution in [1.82, 2.24) is 0 Å². The van der Waals surface area contributed by atoms with Crippen LogP contribution in [0.3, 0.4) is 0 Å². The average molecular weight is 235 g/mol. The summed E-state index contributed by atoms with van der Waals surface area (Å²) in [6.07, 6.45) is 0.824. The fraction of sp³-hybridized carbons (Fsp3) is 0.417. The molecule has 0 N–H and O–H groups in total. The second kappa shape index (κ2) is 3.60.